The highest BCUT2D eigenvalue weighted by Crippen LogP contribution is 2.36. The summed E-state index contributed by atoms with van der Waals surface area (Å²) in [7, 11) is 2.21. The van der Waals surface area contributed by atoms with E-state index in [0.717, 1.165) is 12.1 Å². The van der Waals surface area contributed by atoms with Crippen LogP contribution in [-0.4, -0.2) is 24.0 Å². The normalized spacial score (nSPS) is 23.7. The Morgan fingerprint density at radius 3 is 2.95 bits per heavy atom. The molecule has 1 aromatic carbocycles. The maximum atomic E-state index is 5.96. The molecule has 0 amide bonds. The van der Waals surface area contributed by atoms with Crippen LogP contribution < -0.4 is 10.6 Å². The van der Waals surface area contributed by atoms with Gasteiger partial charge in [-0.25, -0.2) is 0 Å². The van der Waals surface area contributed by atoms with Crippen molar-refractivity contribution in [3.63, 3.8) is 0 Å². The van der Waals surface area contributed by atoms with Crippen LogP contribution >= 0.6 is 11.5 Å². The highest BCUT2D eigenvalue weighted by Gasteiger charge is 2.28. The zero-order chi connectivity index (χ0) is 13.2. The van der Waals surface area contributed by atoms with Crippen LogP contribution in [0.4, 0.5) is 5.00 Å². The van der Waals surface area contributed by atoms with E-state index in [0.29, 0.717) is 12.0 Å². The Morgan fingerprint density at radius 2 is 2.11 bits per heavy atom. The average molecular weight is 275 g/mol. The maximum absolute atomic E-state index is 5.96. The van der Waals surface area contributed by atoms with Gasteiger partial charge in [-0.15, -0.1) is 0 Å². The van der Waals surface area contributed by atoms with Gasteiger partial charge in [-0.3, -0.25) is 0 Å². The molecule has 2 N–H and O–H groups in total. The Balaban J connectivity index is 1.92. The molecular weight excluding hydrogens is 254 g/mol. The SMILES string of the molecule is CN(c1snc2ccccc12)C1CCCCC1CN. The smallest absolute Gasteiger partial charge is 0.119 e. The zero-order valence-electron chi connectivity index (χ0n) is 11.4. The quantitative estimate of drug-likeness (QED) is 0.935. The summed E-state index contributed by atoms with van der Waals surface area (Å²) >= 11 is 1.61. The van der Waals surface area contributed by atoms with Gasteiger partial charge in [-0.1, -0.05) is 25.0 Å². The predicted molar refractivity (Wildman–Crippen MR) is 82.8 cm³/mol. The minimum atomic E-state index is 0.572. The highest BCUT2D eigenvalue weighted by atomic mass is 32.1. The third-order valence-corrected chi connectivity index (χ3v) is 5.32. The van der Waals surface area contributed by atoms with E-state index in [-0.39, 0.29) is 0 Å². The summed E-state index contributed by atoms with van der Waals surface area (Å²) in [6, 6.07) is 8.97. The van der Waals surface area contributed by atoms with E-state index in [1.54, 1.807) is 11.5 Å². The second-order valence-electron chi connectivity index (χ2n) is 5.46. The maximum Gasteiger partial charge on any atom is 0.119 e. The summed E-state index contributed by atoms with van der Waals surface area (Å²) in [5.41, 5.74) is 7.06. The minimum absolute atomic E-state index is 0.572. The van der Waals surface area contributed by atoms with E-state index in [9.17, 15) is 0 Å². The molecule has 0 spiro atoms. The lowest BCUT2D eigenvalue weighted by molar-refractivity contribution is 0.307. The fraction of sp³-hybridized carbons (Fsp3) is 0.533. The van der Waals surface area contributed by atoms with Gasteiger partial charge in [0.15, 0.2) is 0 Å². The van der Waals surface area contributed by atoms with E-state index in [1.807, 2.05) is 0 Å². The van der Waals surface area contributed by atoms with Crippen LogP contribution in [0.15, 0.2) is 24.3 Å². The van der Waals surface area contributed by atoms with Gasteiger partial charge in [0.05, 0.1) is 5.52 Å². The molecule has 1 aromatic heterocycles. The number of hydrogen-bond acceptors (Lipinski definition) is 4. The summed E-state index contributed by atoms with van der Waals surface area (Å²) in [5, 5.41) is 2.57. The molecule has 1 fully saturated rings. The van der Waals surface area contributed by atoms with Gasteiger partial charge >= 0.3 is 0 Å². The third kappa shape index (κ3) is 2.35. The van der Waals surface area contributed by atoms with Crippen LogP contribution in [0.1, 0.15) is 25.7 Å². The number of nitrogens with two attached hydrogens (primary N) is 1. The van der Waals surface area contributed by atoms with E-state index >= 15 is 0 Å². The van der Waals surface area contributed by atoms with Crippen molar-refractivity contribution < 1.29 is 0 Å². The number of anilines is 1. The first-order valence-electron chi connectivity index (χ1n) is 7.08. The lowest BCUT2D eigenvalue weighted by Gasteiger charge is -2.38. The standard InChI is InChI=1S/C15H21N3S/c1-18(14-9-5-2-6-11(14)10-16)15-12-7-3-4-8-13(12)17-19-15/h3-4,7-8,11,14H,2,5-6,9-10,16H2,1H3. The number of aromatic nitrogens is 1. The Hall–Kier alpha value is -1.13. The van der Waals surface area contributed by atoms with Crippen molar-refractivity contribution >= 4 is 27.4 Å². The zero-order valence-corrected chi connectivity index (χ0v) is 12.2. The third-order valence-electron chi connectivity index (χ3n) is 4.35. The first-order valence-corrected chi connectivity index (χ1v) is 7.86. The van der Waals surface area contributed by atoms with Crippen molar-refractivity contribution in [3.05, 3.63) is 24.3 Å². The van der Waals surface area contributed by atoms with Crippen LogP contribution in [0.25, 0.3) is 10.9 Å². The molecule has 3 rings (SSSR count). The molecule has 19 heavy (non-hydrogen) atoms. The lowest BCUT2D eigenvalue weighted by Crippen LogP contribution is -2.43. The molecule has 102 valence electrons. The molecule has 3 nitrogen and oxygen atoms in total. The summed E-state index contributed by atoms with van der Waals surface area (Å²) in [6.07, 6.45) is 5.17. The van der Waals surface area contributed by atoms with Gasteiger partial charge in [-0.05, 0) is 49.0 Å². The second-order valence-corrected chi connectivity index (χ2v) is 6.22. The van der Waals surface area contributed by atoms with Crippen molar-refractivity contribution in [2.24, 2.45) is 11.7 Å². The Morgan fingerprint density at radius 1 is 1.32 bits per heavy atom. The molecule has 1 saturated carbocycles. The number of fused-ring (bicyclic) bond motifs is 1. The average Bonchev–Trinajstić information content (AvgIpc) is 2.90. The van der Waals surface area contributed by atoms with E-state index in [2.05, 4.69) is 40.6 Å². The molecule has 1 aliphatic carbocycles. The fourth-order valence-corrected chi connectivity index (χ4v) is 4.13. The predicted octanol–water partition coefficient (Wildman–Crippen LogP) is 3.25. The molecule has 4 heteroatoms. The second kappa shape index (κ2) is 5.47. The van der Waals surface area contributed by atoms with Crippen LogP contribution in [0.2, 0.25) is 0 Å². The Labute approximate surface area is 118 Å². The summed E-state index contributed by atoms with van der Waals surface area (Å²) in [6.45, 7) is 0.797. The molecule has 2 aromatic rings. The topological polar surface area (TPSA) is 42.2 Å². The molecule has 2 unspecified atom stereocenters. The van der Waals surface area contributed by atoms with E-state index in [1.165, 1.54) is 36.1 Å². The van der Waals surface area contributed by atoms with Gasteiger partial charge in [0, 0.05) is 18.5 Å². The van der Waals surface area contributed by atoms with Gasteiger partial charge < -0.3 is 10.6 Å². The van der Waals surface area contributed by atoms with Crippen molar-refractivity contribution in [1.29, 1.82) is 0 Å². The molecular formula is C15H21N3S. The monoisotopic (exact) mass is 275 g/mol. The van der Waals surface area contributed by atoms with E-state index < -0.39 is 0 Å². The van der Waals surface area contributed by atoms with Gasteiger partial charge in [0.1, 0.15) is 5.00 Å². The van der Waals surface area contributed by atoms with Crippen molar-refractivity contribution in [1.82, 2.24) is 4.37 Å². The molecule has 0 saturated heterocycles. The molecule has 0 bridgehead atoms. The number of benzene rings is 1. The molecule has 1 heterocycles. The van der Waals surface area contributed by atoms with Gasteiger partial charge in [0.25, 0.3) is 0 Å². The number of rotatable bonds is 3. The number of hydrogen-bond donors (Lipinski definition) is 1. The minimum Gasteiger partial charge on any atom is -0.361 e. The van der Waals surface area contributed by atoms with Crippen LogP contribution in [-0.2, 0) is 0 Å². The molecule has 2 atom stereocenters. The Kier molecular flexibility index (Phi) is 3.71. The molecule has 0 radical (unpaired) electrons. The number of nitrogens with zero attached hydrogens (tertiary/aromatic N) is 2. The summed E-state index contributed by atoms with van der Waals surface area (Å²) in [5.74, 6) is 0.625. The van der Waals surface area contributed by atoms with Crippen LogP contribution in [0, 0.1) is 5.92 Å². The first-order chi connectivity index (χ1) is 9.31. The van der Waals surface area contributed by atoms with Crippen molar-refractivity contribution in [3.8, 4) is 0 Å². The lowest BCUT2D eigenvalue weighted by atomic mass is 9.84. The van der Waals surface area contributed by atoms with E-state index in [4.69, 9.17) is 5.73 Å². The largest absolute Gasteiger partial charge is 0.361 e. The van der Waals surface area contributed by atoms with Gasteiger partial charge in [-0.2, -0.15) is 4.37 Å². The van der Waals surface area contributed by atoms with Gasteiger partial charge in [0.2, 0.25) is 0 Å². The van der Waals surface area contributed by atoms with Crippen LogP contribution in [0.3, 0.4) is 0 Å². The summed E-state index contributed by atoms with van der Waals surface area (Å²) in [4.78, 5) is 2.43. The highest BCUT2D eigenvalue weighted by molar-refractivity contribution is 7.11. The fourth-order valence-electron chi connectivity index (χ4n) is 3.25. The first kappa shape index (κ1) is 12.9. The summed E-state index contributed by atoms with van der Waals surface area (Å²) < 4.78 is 4.55. The van der Waals surface area contributed by atoms with Crippen molar-refractivity contribution in [2.45, 2.75) is 31.7 Å². The molecule has 1 aliphatic rings. The van der Waals surface area contributed by atoms with Crippen LogP contribution in [0.5, 0.6) is 0 Å². The Bertz CT molecular complexity index is 551. The molecule has 0 aliphatic heterocycles. The van der Waals surface area contributed by atoms with Crippen molar-refractivity contribution in [2.75, 3.05) is 18.5 Å².